The Labute approximate surface area is 237 Å². The molecule has 2 amide bonds. The molecule has 39 heavy (non-hydrogen) atoms. The van der Waals surface area contributed by atoms with Crippen LogP contribution in [0.1, 0.15) is 41.9 Å². The number of benzene rings is 3. The normalized spacial score (nSPS) is 17.2. The summed E-state index contributed by atoms with van der Waals surface area (Å²) in [5.74, 6) is -0.767. The number of carbonyl (C=O) groups is 2. The number of nitrogens with one attached hydrogen (secondary N) is 1. The van der Waals surface area contributed by atoms with Crippen molar-refractivity contribution in [2.75, 3.05) is 32.0 Å². The molecule has 2 aliphatic rings. The average molecular weight is 570 g/mol. The molecule has 1 spiro atoms. The van der Waals surface area contributed by atoms with Gasteiger partial charge < -0.3 is 14.5 Å². The lowest BCUT2D eigenvalue weighted by Crippen LogP contribution is -2.48. The standard InChI is InChI=1S/C30H30Cl2FN3O3/c1-35(19-20-5-3-2-4-6-20)28(37)23(21-7-9-25(31)26(32)17-21)11-14-36-15-12-30(13-16-36)24-18-22(33)8-10-27(24)34-29(38)39-30/h2-10,17-18,23H,11-16,19H2,1H3,(H,34,38)/t23-/m0/s1. The van der Waals surface area contributed by atoms with Crippen molar-refractivity contribution in [3.05, 3.63) is 99.3 Å². The summed E-state index contributed by atoms with van der Waals surface area (Å²) in [5, 5.41) is 3.53. The number of piperidine rings is 1. The molecule has 0 unspecified atom stereocenters. The number of amides is 2. The second kappa shape index (κ2) is 11.5. The van der Waals surface area contributed by atoms with Gasteiger partial charge in [0.05, 0.1) is 21.7 Å². The van der Waals surface area contributed by atoms with Gasteiger partial charge >= 0.3 is 6.09 Å². The van der Waals surface area contributed by atoms with E-state index in [-0.39, 0.29) is 11.7 Å². The molecular weight excluding hydrogens is 540 g/mol. The van der Waals surface area contributed by atoms with Crippen molar-refractivity contribution in [3.8, 4) is 0 Å². The van der Waals surface area contributed by atoms with Crippen LogP contribution in [0.15, 0.2) is 66.7 Å². The van der Waals surface area contributed by atoms with Crippen LogP contribution in [0.25, 0.3) is 0 Å². The summed E-state index contributed by atoms with van der Waals surface area (Å²) >= 11 is 12.5. The summed E-state index contributed by atoms with van der Waals surface area (Å²) in [7, 11) is 1.81. The first-order chi connectivity index (χ1) is 18.7. The van der Waals surface area contributed by atoms with Crippen molar-refractivity contribution in [2.24, 2.45) is 0 Å². The molecule has 1 fully saturated rings. The van der Waals surface area contributed by atoms with Crippen LogP contribution in [0.2, 0.25) is 10.0 Å². The molecule has 0 saturated carbocycles. The number of likely N-dealkylation sites (tertiary alicyclic amines) is 1. The van der Waals surface area contributed by atoms with Gasteiger partial charge in [-0.15, -0.1) is 0 Å². The molecule has 1 atom stereocenters. The number of anilines is 1. The second-order valence-electron chi connectivity index (χ2n) is 10.2. The summed E-state index contributed by atoms with van der Waals surface area (Å²) in [6.45, 7) is 2.45. The van der Waals surface area contributed by atoms with Gasteiger partial charge in [-0.05, 0) is 54.4 Å². The maximum Gasteiger partial charge on any atom is 0.412 e. The van der Waals surface area contributed by atoms with Gasteiger partial charge in [0.25, 0.3) is 0 Å². The summed E-state index contributed by atoms with van der Waals surface area (Å²) in [4.78, 5) is 30.0. The highest BCUT2D eigenvalue weighted by Gasteiger charge is 2.44. The van der Waals surface area contributed by atoms with Gasteiger partial charge in [-0.2, -0.15) is 0 Å². The first-order valence-corrected chi connectivity index (χ1v) is 13.8. The van der Waals surface area contributed by atoms with E-state index in [0.29, 0.717) is 66.7 Å². The summed E-state index contributed by atoms with van der Waals surface area (Å²) in [6.07, 6.45) is 1.14. The van der Waals surface area contributed by atoms with Crippen LogP contribution >= 0.6 is 23.2 Å². The molecule has 5 rings (SSSR count). The molecule has 2 aliphatic heterocycles. The molecule has 2 heterocycles. The van der Waals surface area contributed by atoms with Crippen LogP contribution in [0.3, 0.4) is 0 Å². The predicted molar refractivity (Wildman–Crippen MR) is 151 cm³/mol. The number of halogens is 3. The van der Waals surface area contributed by atoms with Gasteiger partial charge in [0, 0.05) is 45.1 Å². The van der Waals surface area contributed by atoms with E-state index in [4.69, 9.17) is 27.9 Å². The highest BCUT2D eigenvalue weighted by atomic mass is 35.5. The number of carbonyl (C=O) groups excluding carboxylic acids is 2. The first-order valence-electron chi connectivity index (χ1n) is 13.0. The molecule has 3 aromatic carbocycles. The van der Waals surface area contributed by atoms with E-state index >= 15 is 0 Å². The van der Waals surface area contributed by atoms with E-state index in [9.17, 15) is 14.0 Å². The molecular formula is C30H30Cl2FN3O3. The van der Waals surface area contributed by atoms with Gasteiger partial charge in [-0.3, -0.25) is 10.1 Å². The lowest BCUT2D eigenvalue weighted by Gasteiger charge is -2.44. The topological polar surface area (TPSA) is 61.9 Å². The quantitative estimate of drug-likeness (QED) is 0.339. The maximum absolute atomic E-state index is 14.1. The molecule has 0 aliphatic carbocycles. The fraction of sp³-hybridized carbons (Fsp3) is 0.333. The zero-order valence-corrected chi connectivity index (χ0v) is 23.1. The Morgan fingerprint density at radius 2 is 1.82 bits per heavy atom. The van der Waals surface area contributed by atoms with E-state index in [1.165, 1.54) is 12.1 Å². The number of fused-ring (bicyclic) bond motifs is 2. The minimum absolute atomic E-state index is 0.00223. The third-order valence-corrected chi connectivity index (χ3v) is 8.42. The zero-order chi connectivity index (χ0) is 27.6. The van der Waals surface area contributed by atoms with Gasteiger partial charge in [0.15, 0.2) is 0 Å². The maximum atomic E-state index is 14.1. The van der Waals surface area contributed by atoms with E-state index in [1.807, 2.05) is 43.4 Å². The van der Waals surface area contributed by atoms with Crippen molar-refractivity contribution in [1.82, 2.24) is 9.80 Å². The molecule has 204 valence electrons. The lowest BCUT2D eigenvalue weighted by molar-refractivity contribution is -0.132. The highest BCUT2D eigenvalue weighted by Crippen LogP contribution is 2.44. The molecule has 0 aromatic heterocycles. The van der Waals surface area contributed by atoms with Crippen molar-refractivity contribution in [3.63, 3.8) is 0 Å². The Hall–Kier alpha value is -3.13. The molecule has 1 N–H and O–H groups in total. The first kappa shape index (κ1) is 27.4. The van der Waals surface area contributed by atoms with Crippen LogP contribution in [0, 0.1) is 5.82 Å². The minimum Gasteiger partial charge on any atom is -0.438 e. The second-order valence-corrected chi connectivity index (χ2v) is 11.0. The van der Waals surface area contributed by atoms with Crippen LogP contribution in [-0.4, -0.2) is 48.5 Å². The number of hydrogen-bond donors (Lipinski definition) is 1. The van der Waals surface area contributed by atoms with Crippen molar-refractivity contribution in [1.29, 1.82) is 0 Å². The molecule has 3 aromatic rings. The van der Waals surface area contributed by atoms with Gasteiger partial charge in [-0.1, -0.05) is 59.6 Å². The van der Waals surface area contributed by atoms with E-state index in [1.54, 1.807) is 23.1 Å². The number of ether oxygens (including phenoxy) is 1. The Morgan fingerprint density at radius 1 is 1.08 bits per heavy atom. The van der Waals surface area contributed by atoms with Crippen molar-refractivity contribution < 1.29 is 18.7 Å². The average Bonchev–Trinajstić information content (AvgIpc) is 2.92. The SMILES string of the molecule is CN(Cc1ccccc1)C(=O)[C@@H](CCN1CCC2(CC1)OC(=O)Nc1ccc(F)cc12)c1ccc(Cl)c(Cl)c1. The monoisotopic (exact) mass is 569 g/mol. The van der Waals surface area contributed by atoms with E-state index < -0.39 is 17.6 Å². The Bertz CT molecular complexity index is 1360. The smallest absolute Gasteiger partial charge is 0.412 e. The zero-order valence-electron chi connectivity index (χ0n) is 21.6. The lowest BCUT2D eigenvalue weighted by atomic mass is 9.82. The number of likely N-dealkylation sites (N-methyl/N-ethyl adjacent to an activating group) is 1. The highest BCUT2D eigenvalue weighted by molar-refractivity contribution is 6.42. The van der Waals surface area contributed by atoms with Crippen LogP contribution in [0.5, 0.6) is 0 Å². The fourth-order valence-corrected chi connectivity index (χ4v) is 5.86. The summed E-state index contributed by atoms with van der Waals surface area (Å²) < 4.78 is 19.8. The molecule has 6 nitrogen and oxygen atoms in total. The van der Waals surface area contributed by atoms with Crippen LogP contribution < -0.4 is 5.32 Å². The van der Waals surface area contributed by atoms with Gasteiger partial charge in [0.2, 0.25) is 5.91 Å². The Balaban J connectivity index is 1.29. The molecule has 1 saturated heterocycles. The van der Waals surface area contributed by atoms with Crippen molar-refractivity contribution >= 4 is 40.9 Å². The van der Waals surface area contributed by atoms with Crippen LogP contribution in [0.4, 0.5) is 14.9 Å². The Kier molecular flexibility index (Phi) is 8.12. The summed E-state index contributed by atoms with van der Waals surface area (Å²) in [5.41, 5.74) is 2.28. The van der Waals surface area contributed by atoms with Crippen molar-refractivity contribution in [2.45, 2.75) is 37.3 Å². The largest absolute Gasteiger partial charge is 0.438 e. The number of rotatable bonds is 7. The van der Waals surface area contributed by atoms with Gasteiger partial charge in [-0.25, -0.2) is 9.18 Å². The Morgan fingerprint density at radius 3 is 2.54 bits per heavy atom. The number of hydrogen-bond acceptors (Lipinski definition) is 4. The molecule has 0 radical (unpaired) electrons. The third-order valence-electron chi connectivity index (χ3n) is 7.68. The minimum atomic E-state index is -0.856. The van der Waals surface area contributed by atoms with E-state index in [2.05, 4.69) is 10.2 Å². The third kappa shape index (κ3) is 6.06. The summed E-state index contributed by atoms with van der Waals surface area (Å²) in [6, 6.07) is 19.6. The van der Waals surface area contributed by atoms with Crippen LogP contribution in [-0.2, 0) is 21.7 Å². The fourth-order valence-electron chi connectivity index (χ4n) is 5.55. The van der Waals surface area contributed by atoms with E-state index in [0.717, 1.165) is 11.1 Å². The number of nitrogens with zero attached hydrogens (tertiary/aromatic N) is 2. The molecule has 0 bridgehead atoms. The predicted octanol–water partition coefficient (Wildman–Crippen LogP) is 6.82. The van der Waals surface area contributed by atoms with Gasteiger partial charge in [0.1, 0.15) is 11.4 Å². The molecule has 9 heteroatoms.